The number of anilines is 1. The molecule has 2 aromatic heterocycles. The Bertz CT molecular complexity index is 1140. The van der Waals surface area contributed by atoms with Gasteiger partial charge in [0.2, 0.25) is 0 Å². The van der Waals surface area contributed by atoms with Crippen LogP contribution in [0.5, 0.6) is 0 Å². The molecule has 2 aromatic carbocycles. The Morgan fingerprint density at radius 2 is 1.89 bits per heavy atom. The summed E-state index contributed by atoms with van der Waals surface area (Å²) in [5.74, 6) is 0.366. The summed E-state index contributed by atoms with van der Waals surface area (Å²) in [5, 5.41) is 8.01. The summed E-state index contributed by atoms with van der Waals surface area (Å²) in [6.07, 6.45) is 2.34. The lowest BCUT2D eigenvalue weighted by Gasteiger charge is -2.36. The van der Waals surface area contributed by atoms with E-state index in [4.69, 9.17) is 0 Å². The number of nitrogens with one attached hydrogen (secondary N) is 2. The summed E-state index contributed by atoms with van der Waals surface area (Å²) >= 11 is 0. The predicted octanol–water partition coefficient (Wildman–Crippen LogP) is 3.78. The summed E-state index contributed by atoms with van der Waals surface area (Å²) in [6, 6.07) is 11.6. The Balaban J connectivity index is 1.46. The monoisotopic (exact) mass is 378 g/mol. The molecule has 3 heterocycles. The van der Waals surface area contributed by atoms with Gasteiger partial charge in [-0.05, 0) is 63.3 Å². The smallest absolute Gasteiger partial charge is 0.159 e. The van der Waals surface area contributed by atoms with Gasteiger partial charge < -0.3 is 14.8 Å². The molecule has 6 nitrogen and oxygen atoms in total. The number of benzene rings is 2. The van der Waals surface area contributed by atoms with Crippen LogP contribution in [0, 0.1) is 5.82 Å². The Hall–Kier alpha value is -2.93. The van der Waals surface area contributed by atoms with E-state index < -0.39 is 0 Å². The maximum atomic E-state index is 13.7. The fraction of sp³-hybridized carbons (Fsp3) is 0.333. The molecule has 0 radical (unpaired) electrons. The lowest BCUT2D eigenvalue weighted by atomic mass is 10.0. The first-order valence-corrected chi connectivity index (χ1v) is 9.63. The molecule has 28 heavy (non-hydrogen) atoms. The molecular weight excluding hydrogens is 355 g/mol. The molecule has 0 spiro atoms. The highest BCUT2D eigenvalue weighted by Gasteiger charge is 2.21. The molecule has 0 amide bonds. The van der Waals surface area contributed by atoms with Gasteiger partial charge in [-0.25, -0.2) is 9.37 Å². The van der Waals surface area contributed by atoms with Gasteiger partial charge in [0.1, 0.15) is 11.5 Å². The van der Waals surface area contributed by atoms with E-state index in [0.29, 0.717) is 17.6 Å². The van der Waals surface area contributed by atoms with Crippen molar-refractivity contribution in [2.45, 2.75) is 18.9 Å². The van der Waals surface area contributed by atoms with Gasteiger partial charge in [0.25, 0.3) is 0 Å². The number of fused-ring (bicyclic) bond motifs is 2. The Labute approximate surface area is 162 Å². The molecule has 1 fully saturated rings. The van der Waals surface area contributed by atoms with E-state index >= 15 is 0 Å². The fourth-order valence-electron chi connectivity index (χ4n) is 4.11. The van der Waals surface area contributed by atoms with Crippen molar-refractivity contribution in [3.05, 3.63) is 42.2 Å². The second-order valence-corrected chi connectivity index (χ2v) is 7.73. The Morgan fingerprint density at radius 3 is 2.68 bits per heavy atom. The van der Waals surface area contributed by atoms with Gasteiger partial charge in [0, 0.05) is 30.2 Å². The molecule has 5 rings (SSSR count). The maximum Gasteiger partial charge on any atom is 0.159 e. The molecule has 2 N–H and O–H groups in total. The van der Waals surface area contributed by atoms with Gasteiger partial charge >= 0.3 is 0 Å². The van der Waals surface area contributed by atoms with Crippen molar-refractivity contribution in [2.75, 3.05) is 32.1 Å². The first kappa shape index (κ1) is 17.2. The standard InChI is InChI=1S/C21H23FN6/c1-27(2)14-7-9-28(10-8-14)15-4-6-18-19(12-15)24-21(23-18)20-16-11-13(22)3-5-17(16)25-26-20/h3-6,11-12,14H,7-10H2,1-2H3,(H,23,24)(H,25,26). The first-order chi connectivity index (χ1) is 13.6. The van der Waals surface area contributed by atoms with E-state index in [0.717, 1.165) is 35.0 Å². The van der Waals surface area contributed by atoms with E-state index in [9.17, 15) is 4.39 Å². The molecule has 1 saturated heterocycles. The number of aromatic nitrogens is 4. The molecule has 1 aliphatic heterocycles. The number of aromatic amines is 2. The normalized spacial score (nSPS) is 15.9. The van der Waals surface area contributed by atoms with Crippen LogP contribution in [0.2, 0.25) is 0 Å². The number of hydrogen-bond acceptors (Lipinski definition) is 4. The Kier molecular flexibility index (Phi) is 4.05. The van der Waals surface area contributed by atoms with Crippen LogP contribution in [-0.4, -0.2) is 58.3 Å². The first-order valence-electron chi connectivity index (χ1n) is 9.63. The lowest BCUT2D eigenvalue weighted by molar-refractivity contribution is 0.249. The summed E-state index contributed by atoms with van der Waals surface area (Å²) < 4.78 is 13.7. The van der Waals surface area contributed by atoms with E-state index in [1.165, 1.54) is 30.7 Å². The number of hydrogen-bond donors (Lipinski definition) is 2. The summed E-state index contributed by atoms with van der Waals surface area (Å²) in [5.41, 5.74) is 4.49. The SMILES string of the molecule is CN(C)C1CCN(c2ccc3nc(-c4n[nH]c5ccc(F)cc45)[nH]c3c2)CC1. The zero-order valence-corrected chi connectivity index (χ0v) is 16.0. The third-order valence-electron chi connectivity index (χ3n) is 5.77. The van der Waals surface area contributed by atoms with Crippen LogP contribution in [0.15, 0.2) is 36.4 Å². The second-order valence-electron chi connectivity index (χ2n) is 7.73. The van der Waals surface area contributed by atoms with E-state index in [1.54, 1.807) is 6.07 Å². The molecule has 0 atom stereocenters. The average molecular weight is 378 g/mol. The van der Waals surface area contributed by atoms with Crippen LogP contribution in [0.3, 0.4) is 0 Å². The van der Waals surface area contributed by atoms with Crippen molar-refractivity contribution in [3.63, 3.8) is 0 Å². The summed E-state index contributed by atoms with van der Waals surface area (Å²) in [4.78, 5) is 12.8. The van der Waals surface area contributed by atoms with Crippen LogP contribution in [-0.2, 0) is 0 Å². The van der Waals surface area contributed by atoms with Gasteiger partial charge in [-0.2, -0.15) is 5.10 Å². The molecule has 0 bridgehead atoms. The van der Waals surface area contributed by atoms with Crippen molar-refractivity contribution in [3.8, 4) is 11.5 Å². The third kappa shape index (κ3) is 2.92. The number of H-pyrrole nitrogens is 2. The second kappa shape index (κ2) is 6.60. The van der Waals surface area contributed by atoms with Crippen LogP contribution >= 0.6 is 0 Å². The molecule has 7 heteroatoms. The topological polar surface area (TPSA) is 63.8 Å². The minimum absolute atomic E-state index is 0.283. The van der Waals surface area contributed by atoms with Gasteiger partial charge in [-0.1, -0.05) is 0 Å². The van der Waals surface area contributed by atoms with Crippen molar-refractivity contribution in [2.24, 2.45) is 0 Å². The van der Waals surface area contributed by atoms with Crippen LogP contribution < -0.4 is 4.90 Å². The van der Waals surface area contributed by atoms with Crippen molar-refractivity contribution >= 4 is 27.6 Å². The van der Waals surface area contributed by atoms with Gasteiger partial charge in [0.05, 0.1) is 16.6 Å². The van der Waals surface area contributed by atoms with Gasteiger partial charge in [-0.15, -0.1) is 0 Å². The number of imidazole rings is 1. The van der Waals surface area contributed by atoms with Crippen LogP contribution in [0.4, 0.5) is 10.1 Å². The summed E-state index contributed by atoms with van der Waals surface area (Å²) in [6.45, 7) is 2.11. The molecule has 0 saturated carbocycles. The number of piperidine rings is 1. The highest BCUT2D eigenvalue weighted by molar-refractivity contribution is 5.93. The minimum atomic E-state index is -0.283. The van der Waals surface area contributed by atoms with E-state index in [1.807, 2.05) is 6.07 Å². The van der Waals surface area contributed by atoms with Crippen molar-refractivity contribution in [1.29, 1.82) is 0 Å². The third-order valence-corrected chi connectivity index (χ3v) is 5.77. The van der Waals surface area contributed by atoms with Crippen LogP contribution in [0.25, 0.3) is 33.5 Å². The van der Waals surface area contributed by atoms with Crippen molar-refractivity contribution < 1.29 is 4.39 Å². The zero-order chi connectivity index (χ0) is 19.3. The average Bonchev–Trinajstić information content (AvgIpc) is 3.30. The Morgan fingerprint density at radius 1 is 1.07 bits per heavy atom. The molecule has 0 unspecified atom stereocenters. The predicted molar refractivity (Wildman–Crippen MR) is 110 cm³/mol. The highest BCUT2D eigenvalue weighted by atomic mass is 19.1. The van der Waals surface area contributed by atoms with Gasteiger partial charge in [0.15, 0.2) is 5.82 Å². The summed E-state index contributed by atoms with van der Waals surface area (Å²) in [7, 11) is 4.31. The van der Waals surface area contributed by atoms with Gasteiger partial charge in [-0.3, -0.25) is 5.10 Å². The number of halogens is 1. The molecule has 144 valence electrons. The minimum Gasteiger partial charge on any atom is -0.371 e. The van der Waals surface area contributed by atoms with E-state index in [-0.39, 0.29) is 5.82 Å². The quantitative estimate of drug-likeness (QED) is 0.570. The highest BCUT2D eigenvalue weighted by Crippen LogP contribution is 2.29. The number of rotatable bonds is 3. The largest absolute Gasteiger partial charge is 0.371 e. The lowest BCUT2D eigenvalue weighted by Crippen LogP contribution is -2.41. The van der Waals surface area contributed by atoms with E-state index in [2.05, 4.69) is 56.2 Å². The molecule has 0 aliphatic carbocycles. The zero-order valence-electron chi connectivity index (χ0n) is 16.0. The van der Waals surface area contributed by atoms with Crippen molar-refractivity contribution in [1.82, 2.24) is 25.1 Å². The molecule has 1 aliphatic rings. The van der Waals surface area contributed by atoms with Crippen LogP contribution in [0.1, 0.15) is 12.8 Å². The maximum absolute atomic E-state index is 13.7. The molecule has 4 aromatic rings. The fourth-order valence-corrected chi connectivity index (χ4v) is 4.11. The number of nitrogens with zero attached hydrogens (tertiary/aromatic N) is 4. The molecular formula is C21H23FN6.